The lowest BCUT2D eigenvalue weighted by atomic mass is 10.0. The highest BCUT2D eigenvalue weighted by Gasteiger charge is 2.12. The van der Waals surface area contributed by atoms with Crippen molar-refractivity contribution in [3.05, 3.63) is 40.6 Å². The fraction of sp³-hybridized carbons (Fsp3) is 0.333. The Bertz CT molecular complexity index is 631. The van der Waals surface area contributed by atoms with Crippen LogP contribution in [0.2, 0.25) is 0 Å². The first-order valence-corrected chi connectivity index (χ1v) is 6.73. The number of hydrogen-bond acceptors (Lipinski definition) is 3. The Morgan fingerprint density at radius 3 is 2.75 bits per heavy atom. The zero-order valence-electron chi connectivity index (χ0n) is 12.1. The molecule has 106 valence electrons. The second-order valence-corrected chi connectivity index (χ2v) is 5.01. The molecule has 0 aliphatic carbocycles. The van der Waals surface area contributed by atoms with Crippen molar-refractivity contribution >= 4 is 17.4 Å². The summed E-state index contributed by atoms with van der Waals surface area (Å²) in [6.07, 6.45) is 1.95. The maximum absolute atomic E-state index is 12.2. The zero-order valence-corrected chi connectivity index (χ0v) is 12.1. The molecule has 2 aromatic rings. The molecule has 0 radical (unpaired) electrons. The van der Waals surface area contributed by atoms with E-state index in [0.717, 1.165) is 29.7 Å². The van der Waals surface area contributed by atoms with Gasteiger partial charge in [0.15, 0.2) is 5.82 Å². The highest BCUT2D eigenvalue weighted by atomic mass is 16.1. The fourth-order valence-electron chi connectivity index (χ4n) is 2.12. The first-order valence-electron chi connectivity index (χ1n) is 6.73. The highest BCUT2D eigenvalue weighted by Crippen LogP contribution is 2.19. The molecular formula is C15H20N4O. The molecule has 0 saturated heterocycles. The van der Waals surface area contributed by atoms with E-state index in [1.165, 1.54) is 0 Å². The molecule has 1 heterocycles. The van der Waals surface area contributed by atoms with Crippen LogP contribution >= 0.6 is 0 Å². The van der Waals surface area contributed by atoms with Crippen LogP contribution in [0.25, 0.3) is 0 Å². The maximum Gasteiger partial charge on any atom is 0.257 e. The van der Waals surface area contributed by atoms with Crippen molar-refractivity contribution in [2.45, 2.75) is 33.6 Å². The second-order valence-electron chi connectivity index (χ2n) is 5.01. The Morgan fingerprint density at radius 1 is 1.30 bits per heavy atom. The van der Waals surface area contributed by atoms with E-state index in [-0.39, 0.29) is 5.91 Å². The van der Waals surface area contributed by atoms with Gasteiger partial charge in [0.1, 0.15) is 0 Å². The topological polar surface area (TPSA) is 83.8 Å². The average molecular weight is 272 g/mol. The van der Waals surface area contributed by atoms with Gasteiger partial charge in [0.2, 0.25) is 0 Å². The van der Waals surface area contributed by atoms with Crippen LogP contribution in [0, 0.1) is 13.8 Å². The van der Waals surface area contributed by atoms with Gasteiger partial charge in [-0.3, -0.25) is 9.89 Å². The molecular weight excluding hydrogens is 252 g/mol. The van der Waals surface area contributed by atoms with Crippen LogP contribution in [-0.2, 0) is 6.42 Å². The Balaban J connectivity index is 2.17. The lowest BCUT2D eigenvalue weighted by Crippen LogP contribution is -2.14. The van der Waals surface area contributed by atoms with Crippen LogP contribution in [-0.4, -0.2) is 16.1 Å². The third-order valence-corrected chi connectivity index (χ3v) is 3.25. The largest absolute Gasteiger partial charge is 0.398 e. The van der Waals surface area contributed by atoms with Crippen LogP contribution in [0.5, 0.6) is 0 Å². The number of carbonyl (C=O) groups is 1. The number of benzene rings is 1. The number of aromatic amines is 1. The summed E-state index contributed by atoms with van der Waals surface area (Å²) in [4.78, 5) is 12.2. The van der Waals surface area contributed by atoms with Crippen molar-refractivity contribution in [2.75, 3.05) is 11.1 Å². The Kier molecular flexibility index (Phi) is 4.08. The van der Waals surface area contributed by atoms with Gasteiger partial charge in [-0.2, -0.15) is 5.10 Å². The summed E-state index contributed by atoms with van der Waals surface area (Å²) in [5.41, 5.74) is 9.95. The number of H-pyrrole nitrogens is 1. The molecule has 1 aromatic carbocycles. The quantitative estimate of drug-likeness (QED) is 0.748. The predicted octanol–water partition coefficient (Wildman–Crippen LogP) is 2.81. The van der Waals surface area contributed by atoms with Crippen molar-refractivity contribution in [3.63, 3.8) is 0 Å². The van der Waals surface area contributed by atoms with Crippen molar-refractivity contribution < 1.29 is 4.79 Å². The minimum Gasteiger partial charge on any atom is -0.398 e. The number of nitrogens with two attached hydrogens (primary N) is 1. The molecule has 20 heavy (non-hydrogen) atoms. The van der Waals surface area contributed by atoms with Crippen LogP contribution in [0.3, 0.4) is 0 Å². The van der Waals surface area contributed by atoms with Gasteiger partial charge in [0.05, 0.1) is 0 Å². The number of rotatable bonds is 4. The maximum atomic E-state index is 12.2. The number of anilines is 2. The summed E-state index contributed by atoms with van der Waals surface area (Å²) in [6, 6.07) is 5.48. The summed E-state index contributed by atoms with van der Waals surface area (Å²) in [6.45, 7) is 5.92. The molecule has 2 rings (SSSR count). The van der Waals surface area contributed by atoms with Gasteiger partial charge in [-0.25, -0.2) is 0 Å². The lowest BCUT2D eigenvalue weighted by molar-refractivity contribution is 0.102. The summed E-state index contributed by atoms with van der Waals surface area (Å²) in [5.74, 6) is 0.348. The zero-order chi connectivity index (χ0) is 14.7. The summed E-state index contributed by atoms with van der Waals surface area (Å²) in [7, 11) is 0. The first kappa shape index (κ1) is 14.1. The average Bonchev–Trinajstić information content (AvgIpc) is 2.81. The van der Waals surface area contributed by atoms with Gasteiger partial charge in [-0.1, -0.05) is 19.4 Å². The minimum absolute atomic E-state index is 0.191. The first-order chi connectivity index (χ1) is 9.51. The number of aryl methyl sites for hydroxylation is 3. The summed E-state index contributed by atoms with van der Waals surface area (Å²) in [5, 5.41) is 9.78. The van der Waals surface area contributed by atoms with Gasteiger partial charge < -0.3 is 11.1 Å². The predicted molar refractivity (Wildman–Crippen MR) is 80.9 cm³/mol. The Labute approximate surface area is 118 Å². The van der Waals surface area contributed by atoms with Crippen molar-refractivity contribution in [3.8, 4) is 0 Å². The molecule has 0 saturated carbocycles. The third kappa shape index (κ3) is 2.99. The minimum atomic E-state index is -0.191. The number of carbonyl (C=O) groups excluding carboxylic acids is 1. The van der Waals surface area contributed by atoms with Crippen LogP contribution in [0.1, 0.15) is 40.5 Å². The van der Waals surface area contributed by atoms with Gasteiger partial charge in [-0.15, -0.1) is 0 Å². The van der Waals surface area contributed by atoms with Gasteiger partial charge in [-0.05, 0) is 37.5 Å². The lowest BCUT2D eigenvalue weighted by Gasteiger charge is -2.08. The van der Waals surface area contributed by atoms with E-state index in [0.29, 0.717) is 17.1 Å². The molecule has 0 aliphatic rings. The SMILES string of the molecule is CCCc1cc(NC(=O)c2cc(N)c(C)cc2C)n[nH]1. The van der Waals surface area contributed by atoms with Crippen molar-refractivity contribution in [1.82, 2.24) is 10.2 Å². The number of aromatic nitrogens is 2. The fourth-order valence-corrected chi connectivity index (χ4v) is 2.12. The van der Waals surface area contributed by atoms with E-state index >= 15 is 0 Å². The molecule has 1 amide bonds. The molecule has 4 N–H and O–H groups in total. The van der Waals surface area contributed by atoms with Crippen LogP contribution in [0.4, 0.5) is 11.5 Å². The molecule has 5 nitrogen and oxygen atoms in total. The van der Waals surface area contributed by atoms with E-state index in [4.69, 9.17) is 5.73 Å². The molecule has 0 spiro atoms. The van der Waals surface area contributed by atoms with E-state index < -0.39 is 0 Å². The van der Waals surface area contributed by atoms with Gasteiger partial charge in [0.25, 0.3) is 5.91 Å². The molecule has 0 fully saturated rings. The van der Waals surface area contributed by atoms with E-state index in [9.17, 15) is 4.79 Å². The normalized spacial score (nSPS) is 10.6. The third-order valence-electron chi connectivity index (χ3n) is 3.25. The van der Waals surface area contributed by atoms with E-state index in [2.05, 4.69) is 22.4 Å². The Hall–Kier alpha value is -2.30. The van der Waals surface area contributed by atoms with Crippen molar-refractivity contribution in [1.29, 1.82) is 0 Å². The smallest absolute Gasteiger partial charge is 0.257 e. The summed E-state index contributed by atoms with van der Waals surface area (Å²) >= 11 is 0. The molecule has 0 unspecified atom stereocenters. The number of amides is 1. The summed E-state index contributed by atoms with van der Waals surface area (Å²) < 4.78 is 0. The van der Waals surface area contributed by atoms with Gasteiger partial charge in [0, 0.05) is 23.0 Å². The molecule has 0 atom stereocenters. The van der Waals surface area contributed by atoms with Crippen LogP contribution in [0.15, 0.2) is 18.2 Å². The number of nitrogens with zero attached hydrogens (tertiary/aromatic N) is 1. The van der Waals surface area contributed by atoms with E-state index in [1.54, 1.807) is 6.07 Å². The van der Waals surface area contributed by atoms with E-state index in [1.807, 2.05) is 26.0 Å². The Morgan fingerprint density at radius 2 is 2.05 bits per heavy atom. The molecule has 1 aromatic heterocycles. The molecule has 5 heteroatoms. The standard InChI is InChI=1S/C15H20N4O/c1-4-5-11-7-14(19-18-11)17-15(20)12-8-13(16)10(3)6-9(12)2/h6-8H,4-5,16H2,1-3H3,(H2,17,18,19,20). The second kappa shape index (κ2) is 5.77. The van der Waals surface area contributed by atoms with Crippen molar-refractivity contribution in [2.24, 2.45) is 0 Å². The molecule has 0 bridgehead atoms. The monoisotopic (exact) mass is 272 g/mol. The number of nitrogen functional groups attached to an aromatic ring is 1. The number of hydrogen-bond donors (Lipinski definition) is 3. The highest BCUT2D eigenvalue weighted by molar-refractivity contribution is 6.05. The number of nitrogens with one attached hydrogen (secondary N) is 2. The van der Waals surface area contributed by atoms with Gasteiger partial charge >= 0.3 is 0 Å². The van der Waals surface area contributed by atoms with Crippen LogP contribution < -0.4 is 11.1 Å². The molecule has 0 aliphatic heterocycles.